The number of nitrogen functional groups attached to an aromatic ring is 2. The fourth-order valence-electron chi connectivity index (χ4n) is 5.10. The van der Waals surface area contributed by atoms with Crippen LogP contribution in [0, 0.1) is 0 Å². The Bertz CT molecular complexity index is 1860. The van der Waals surface area contributed by atoms with Gasteiger partial charge in [0.15, 0.2) is 17.4 Å². The number of nitrogens with zero attached hydrogens (tertiary/aromatic N) is 6. The number of aromatic amines is 1. The van der Waals surface area contributed by atoms with Crippen molar-refractivity contribution in [3.8, 4) is 0 Å². The molecule has 23 heteroatoms. The summed E-state index contributed by atoms with van der Waals surface area (Å²) in [6, 6.07) is 1.66. The van der Waals surface area contributed by atoms with Crippen LogP contribution in [0.15, 0.2) is 29.7 Å². The summed E-state index contributed by atoms with van der Waals surface area (Å²) in [5, 5.41) is -0.598. The van der Waals surface area contributed by atoms with Gasteiger partial charge < -0.3 is 25.7 Å². The quantitative estimate of drug-likeness (QED) is 0.103. The lowest BCUT2D eigenvalue weighted by Crippen LogP contribution is -2.21. The van der Waals surface area contributed by atoms with E-state index in [0.29, 0.717) is 11.0 Å². The summed E-state index contributed by atoms with van der Waals surface area (Å²) in [5.41, 5.74) is 11.6. The summed E-state index contributed by atoms with van der Waals surface area (Å²) >= 11 is 8.92. The van der Waals surface area contributed by atoms with Gasteiger partial charge in [-0.05, 0) is 12.5 Å². The van der Waals surface area contributed by atoms with Crippen molar-refractivity contribution in [2.75, 3.05) is 24.7 Å². The molecule has 17 nitrogen and oxygen atoms in total. The van der Waals surface area contributed by atoms with Gasteiger partial charge in [-0.15, -0.1) is 11.8 Å². The van der Waals surface area contributed by atoms with Crippen molar-refractivity contribution in [3.05, 3.63) is 35.3 Å². The highest BCUT2D eigenvalue weighted by molar-refractivity contribution is 8.44. The molecule has 0 radical (unpaired) electrons. The standard InChI is InChI=1S/C21H26FN9O8P2S3/c22-12-3-9(38-19(12)30-2-1-11-15(23)25-7-26-16(11)30)5-37-41(35,43)39-13-4-10(6-36-40(33,34)42)44-20(13)31-8-27-14-17(31)28-21(24)29-18(14)32/h1-2,7-10,12-13,19-20H,3-6H2,(H,35,43)(H2,23,25,26)(H2,33,34,42)(H3,24,28,29,32)/t9-,10-,12-,13+,19+,20+,41?/m0/s1. The van der Waals surface area contributed by atoms with Gasteiger partial charge in [0.1, 0.15) is 29.3 Å². The Labute approximate surface area is 262 Å². The van der Waals surface area contributed by atoms with Crippen molar-refractivity contribution in [2.24, 2.45) is 0 Å². The van der Waals surface area contributed by atoms with E-state index in [0.717, 1.165) is 0 Å². The number of aromatic nitrogens is 7. The van der Waals surface area contributed by atoms with Gasteiger partial charge in [0.05, 0.1) is 37.1 Å². The lowest BCUT2D eigenvalue weighted by Gasteiger charge is -2.24. The highest BCUT2D eigenvalue weighted by atomic mass is 32.7. The number of halogens is 1. The molecule has 8 atom stereocenters. The Hall–Kier alpha value is -2.19. The molecule has 2 aliphatic rings. The monoisotopic (exact) mass is 709 g/mol. The molecular weight excluding hydrogens is 683 g/mol. The first-order valence-corrected chi connectivity index (χ1v) is 19.2. The third kappa shape index (κ3) is 6.67. The summed E-state index contributed by atoms with van der Waals surface area (Å²) in [6.07, 6.45) is 0.170. The Morgan fingerprint density at radius 1 is 1.16 bits per heavy atom. The van der Waals surface area contributed by atoms with Gasteiger partial charge in [-0.1, -0.05) is 24.5 Å². The van der Waals surface area contributed by atoms with Crippen molar-refractivity contribution in [3.63, 3.8) is 0 Å². The van der Waals surface area contributed by atoms with Crippen LogP contribution in [0.5, 0.6) is 0 Å². The Morgan fingerprint density at radius 2 is 1.95 bits per heavy atom. The molecule has 0 bridgehead atoms. The molecule has 44 heavy (non-hydrogen) atoms. The van der Waals surface area contributed by atoms with E-state index in [9.17, 15) is 18.8 Å². The number of thioether (sulfide) groups is 1. The van der Waals surface area contributed by atoms with Crippen LogP contribution >= 0.6 is 49.9 Å². The van der Waals surface area contributed by atoms with E-state index in [2.05, 4.69) is 49.4 Å². The fourth-order valence-corrected chi connectivity index (χ4v) is 8.85. The molecule has 6 N–H and O–H groups in total. The van der Waals surface area contributed by atoms with Gasteiger partial charge in [0, 0.05) is 17.9 Å². The molecule has 2 aliphatic heterocycles. The lowest BCUT2D eigenvalue weighted by atomic mass is 10.2. The number of hydrogen-bond acceptors (Lipinski definition) is 14. The predicted octanol–water partition coefficient (Wildman–Crippen LogP) is 2.85. The van der Waals surface area contributed by atoms with Crippen LogP contribution in [0.4, 0.5) is 16.2 Å². The Balaban J connectivity index is 1.16. The van der Waals surface area contributed by atoms with Crippen LogP contribution in [0.25, 0.3) is 22.2 Å². The number of fused-ring (bicyclic) bond motifs is 2. The summed E-state index contributed by atoms with van der Waals surface area (Å²) in [5.74, 6) is 0.104. The Kier molecular flexibility index (Phi) is 8.81. The SMILES string of the molecule is Nc1nc2c(ncn2[C@@H]2S[C@H](COP(=O)(O)S)C[C@H]2OP(=O)(S)OC[C@@H]2C[C@H](F)[C@H](n3ccc4c(N)ncnc43)O2)c(=O)[nH]1. The normalized spacial score (nSPS) is 28.5. The first-order valence-electron chi connectivity index (χ1n) is 12.9. The molecule has 2 saturated heterocycles. The second-order valence-electron chi connectivity index (χ2n) is 9.97. The van der Waals surface area contributed by atoms with Crippen LogP contribution in [0.2, 0.25) is 0 Å². The maximum atomic E-state index is 15.1. The number of imidazole rings is 1. The molecule has 2 fully saturated rings. The molecule has 2 unspecified atom stereocenters. The molecule has 4 aromatic rings. The summed E-state index contributed by atoms with van der Waals surface area (Å²) in [7, 11) is 0. The second kappa shape index (κ2) is 12.2. The van der Waals surface area contributed by atoms with Crippen LogP contribution < -0.4 is 17.0 Å². The average Bonchev–Trinajstić information content (AvgIpc) is 3.71. The van der Waals surface area contributed by atoms with E-state index in [1.807, 2.05) is 0 Å². The zero-order valence-corrected chi connectivity index (χ0v) is 26.7. The molecule has 0 aliphatic carbocycles. The molecule has 6 rings (SSSR count). The second-order valence-corrected chi connectivity index (χ2v) is 17.0. The molecule has 0 spiro atoms. The number of thiol groups is 2. The molecule has 0 amide bonds. The number of hydrogen-bond donors (Lipinski definition) is 6. The zero-order valence-electron chi connectivity index (χ0n) is 22.3. The van der Waals surface area contributed by atoms with Gasteiger partial charge in [-0.25, -0.2) is 28.5 Å². The maximum Gasteiger partial charge on any atom is 0.386 e. The van der Waals surface area contributed by atoms with Gasteiger partial charge in [0.2, 0.25) is 5.95 Å². The molecule has 0 aromatic carbocycles. The van der Waals surface area contributed by atoms with Gasteiger partial charge in [0.25, 0.3) is 5.56 Å². The van der Waals surface area contributed by atoms with E-state index in [4.69, 9.17) is 29.8 Å². The van der Waals surface area contributed by atoms with Crippen molar-refractivity contribution >= 4 is 83.8 Å². The molecule has 6 heterocycles. The van der Waals surface area contributed by atoms with E-state index in [-0.39, 0.29) is 49.0 Å². The minimum atomic E-state index is -4.11. The predicted molar refractivity (Wildman–Crippen MR) is 165 cm³/mol. The van der Waals surface area contributed by atoms with Gasteiger partial charge >= 0.3 is 13.6 Å². The molecule has 0 saturated carbocycles. The summed E-state index contributed by atoms with van der Waals surface area (Å²) < 4.78 is 65.4. The molecule has 238 valence electrons. The number of anilines is 2. The van der Waals surface area contributed by atoms with Crippen molar-refractivity contribution in [1.29, 1.82) is 0 Å². The summed E-state index contributed by atoms with van der Waals surface area (Å²) in [4.78, 5) is 40.5. The highest BCUT2D eigenvalue weighted by Gasteiger charge is 2.44. The third-order valence-electron chi connectivity index (χ3n) is 6.93. The number of rotatable bonds is 10. The van der Waals surface area contributed by atoms with Crippen LogP contribution in [-0.4, -0.2) is 75.8 Å². The summed E-state index contributed by atoms with van der Waals surface area (Å²) in [6.45, 7) is -8.70. The number of H-pyrrole nitrogens is 1. The third-order valence-corrected chi connectivity index (χ3v) is 10.9. The van der Waals surface area contributed by atoms with Crippen LogP contribution in [-0.2, 0) is 27.4 Å². The van der Waals surface area contributed by atoms with Crippen molar-refractivity contribution in [1.82, 2.24) is 34.1 Å². The van der Waals surface area contributed by atoms with E-state index >= 15 is 4.39 Å². The van der Waals surface area contributed by atoms with Crippen LogP contribution in [0.1, 0.15) is 24.4 Å². The topological polar surface area (TPSA) is 238 Å². The first kappa shape index (κ1) is 31.8. The molecule has 4 aromatic heterocycles. The zero-order chi connectivity index (χ0) is 31.4. The minimum absolute atomic E-state index is 0.0112. The largest absolute Gasteiger partial charge is 0.386 e. The number of nitrogens with one attached hydrogen (secondary N) is 1. The van der Waals surface area contributed by atoms with Crippen LogP contribution in [0.3, 0.4) is 0 Å². The minimum Gasteiger partial charge on any atom is -0.383 e. The van der Waals surface area contributed by atoms with E-state index in [1.165, 1.54) is 33.6 Å². The van der Waals surface area contributed by atoms with Crippen molar-refractivity contribution < 1.29 is 36.7 Å². The first-order chi connectivity index (χ1) is 20.8. The average molecular weight is 710 g/mol. The lowest BCUT2D eigenvalue weighted by molar-refractivity contribution is -0.0330. The van der Waals surface area contributed by atoms with E-state index in [1.54, 1.807) is 12.3 Å². The number of alkyl halides is 1. The highest BCUT2D eigenvalue weighted by Crippen LogP contribution is 2.59. The van der Waals surface area contributed by atoms with Gasteiger partial charge in [-0.2, -0.15) is 4.98 Å². The fraction of sp³-hybridized carbons (Fsp3) is 0.476. The smallest absolute Gasteiger partial charge is 0.383 e. The number of nitrogens with two attached hydrogens (primary N) is 2. The number of ether oxygens (including phenoxy) is 1. The van der Waals surface area contributed by atoms with Gasteiger partial charge in [-0.3, -0.25) is 27.9 Å². The van der Waals surface area contributed by atoms with E-state index < -0.39 is 54.4 Å². The maximum absolute atomic E-state index is 15.1. The molecular formula is C21H26FN9O8P2S3. The Morgan fingerprint density at radius 3 is 2.73 bits per heavy atom. The van der Waals surface area contributed by atoms with Crippen molar-refractivity contribution in [2.45, 2.75) is 48.1 Å².